The molecule has 0 aromatic carbocycles. The Kier molecular flexibility index (Phi) is 5.25. The molecular formula is C9H15KN5O+. The largest absolute Gasteiger partial charge is 1.00 e. The minimum Gasteiger partial charge on any atom is -0.754 e. The molecule has 0 unspecified atom stereocenters. The Morgan fingerprint density at radius 1 is 1.25 bits per heavy atom. The van der Waals surface area contributed by atoms with Crippen LogP contribution in [0.1, 0.15) is 19.3 Å². The van der Waals surface area contributed by atoms with Crippen molar-refractivity contribution in [3.05, 3.63) is 11.3 Å². The zero-order valence-electron chi connectivity index (χ0n) is 9.52. The Morgan fingerprint density at radius 3 is 2.44 bits per heavy atom. The Balaban J connectivity index is 0.00000128. The van der Waals surface area contributed by atoms with Gasteiger partial charge in [0.25, 0.3) is 0 Å². The molecule has 1 aromatic rings. The van der Waals surface area contributed by atoms with E-state index in [2.05, 4.69) is 9.88 Å². The van der Waals surface area contributed by atoms with Crippen LogP contribution < -0.4 is 72.5 Å². The summed E-state index contributed by atoms with van der Waals surface area (Å²) in [5, 5.41) is 11.2. The van der Waals surface area contributed by atoms with Gasteiger partial charge in [-0.2, -0.15) is 0 Å². The van der Waals surface area contributed by atoms with Gasteiger partial charge in [0.15, 0.2) is 11.6 Å². The van der Waals surface area contributed by atoms with Crippen molar-refractivity contribution < 1.29 is 56.1 Å². The van der Waals surface area contributed by atoms with Gasteiger partial charge in [-0.15, -0.1) is 0 Å². The minimum atomic E-state index is -0.0874. The maximum atomic E-state index is 11.2. The van der Waals surface area contributed by atoms with E-state index in [-0.39, 0.29) is 63.2 Å². The average Bonchev–Trinajstić information content (AvgIpc) is 2.26. The zero-order valence-corrected chi connectivity index (χ0v) is 12.6. The quantitative estimate of drug-likeness (QED) is 0.311. The Labute approximate surface area is 137 Å². The first kappa shape index (κ1) is 14.0. The monoisotopic (exact) mass is 248 g/mol. The summed E-state index contributed by atoms with van der Waals surface area (Å²) >= 11 is 0. The van der Waals surface area contributed by atoms with Crippen LogP contribution in [0.3, 0.4) is 0 Å². The predicted octanol–water partition coefficient (Wildman–Crippen LogP) is -3.13. The van der Waals surface area contributed by atoms with Crippen LogP contribution in [0.15, 0.2) is 6.07 Å². The van der Waals surface area contributed by atoms with Crippen molar-refractivity contribution in [1.82, 2.24) is 4.98 Å². The Bertz CT molecular complexity index is 344. The van der Waals surface area contributed by atoms with Gasteiger partial charge >= 0.3 is 57.3 Å². The Hall–Kier alpha value is -0.0836. The number of piperidine rings is 1. The third-order valence-electron chi connectivity index (χ3n) is 2.63. The SMILES string of the molecule is Nc1cc(N2CCCCC2)nc(N)[n+]1[O-].[K+]. The van der Waals surface area contributed by atoms with Crippen LogP contribution in [-0.2, 0) is 0 Å². The number of hydrogen-bond donors (Lipinski definition) is 2. The number of nitrogens with zero attached hydrogens (tertiary/aromatic N) is 3. The van der Waals surface area contributed by atoms with E-state index in [0.717, 1.165) is 25.9 Å². The normalized spacial score (nSPS) is 15.6. The molecule has 0 saturated carbocycles. The summed E-state index contributed by atoms with van der Waals surface area (Å²) in [7, 11) is 0. The number of rotatable bonds is 1. The van der Waals surface area contributed by atoms with E-state index >= 15 is 0 Å². The second-order valence-electron chi connectivity index (χ2n) is 3.74. The molecule has 2 heterocycles. The van der Waals surface area contributed by atoms with Crippen molar-refractivity contribution in [3.8, 4) is 0 Å². The van der Waals surface area contributed by atoms with Crippen LogP contribution in [0, 0.1) is 5.21 Å². The molecular weight excluding hydrogens is 233 g/mol. The molecule has 0 amide bonds. The van der Waals surface area contributed by atoms with Crippen molar-refractivity contribution in [2.45, 2.75) is 19.3 Å². The van der Waals surface area contributed by atoms with E-state index in [1.165, 1.54) is 6.42 Å². The zero-order chi connectivity index (χ0) is 10.8. The van der Waals surface area contributed by atoms with Crippen molar-refractivity contribution >= 4 is 17.6 Å². The molecule has 0 aliphatic carbocycles. The number of nitrogens with two attached hydrogens (primary N) is 2. The van der Waals surface area contributed by atoms with E-state index in [1.54, 1.807) is 6.07 Å². The third-order valence-corrected chi connectivity index (χ3v) is 2.63. The van der Waals surface area contributed by atoms with Crippen molar-refractivity contribution in [2.24, 2.45) is 0 Å². The molecule has 0 radical (unpaired) electrons. The molecule has 1 aliphatic rings. The van der Waals surface area contributed by atoms with Gasteiger partial charge in [-0.25, -0.2) is 4.73 Å². The van der Waals surface area contributed by atoms with E-state index in [1.807, 2.05) is 0 Å². The molecule has 2 rings (SSSR count). The molecule has 7 heteroatoms. The van der Waals surface area contributed by atoms with Crippen LogP contribution in [0.4, 0.5) is 17.6 Å². The smallest absolute Gasteiger partial charge is 0.754 e. The van der Waals surface area contributed by atoms with Crippen molar-refractivity contribution in [1.29, 1.82) is 0 Å². The second-order valence-corrected chi connectivity index (χ2v) is 3.74. The molecule has 0 spiro atoms. The molecule has 6 nitrogen and oxygen atoms in total. The van der Waals surface area contributed by atoms with Crippen LogP contribution in [0.2, 0.25) is 0 Å². The first-order chi connectivity index (χ1) is 7.18. The fourth-order valence-corrected chi connectivity index (χ4v) is 1.80. The summed E-state index contributed by atoms with van der Waals surface area (Å²) in [4.78, 5) is 6.14. The molecule has 1 saturated heterocycles. The van der Waals surface area contributed by atoms with E-state index in [9.17, 15) is 5.21 Å². The fourth-order valence-electron chi connectivity index (χ4n) is 1.80. The van der Waals surface area contributed by atoms with Gasteiger partial charge in [0.05, 0.1) is 6.07 Å². The third kappa shape index (κ3) is 2.98. The van der Waals surface area contributed by atoms with Crippen molar-refractivity contribution in [3.63, 3.8) is 0 Å². The van der Waals surface area contributed by atoms with E-state index < -0.39 is 0 Å². The summed E-state index contributed by atoms with van der Waals surface area (Å²) in [6.07, 6.45) is 3.54. The number of nitrogen functional groups attached to an aromatic ring is 2. The minimum absolute atomic E-state index is 0. The summed E-state index contributed by atoms with van der Waals surface area (Å²) in [6, 6.07) is 1.58. The predicted molar refractivity (Wildman–Crippen MR) is 58.1 cm³/mol. The van der Waals surface area contributed by atoms with Gasteiger partial charge in [-0.05, 0) is 19.3 Å². The topological polar surface area (TPSA) is 95.1 Å². The summed E-state index contributed by atoms with van der Waals surface area (Å²) < 4.78 is 0.438. The molecule has 4 N–H and O–H groups in total. The van der Waals surface area contributed by atoms with Gasteiger partial charge < -0.3 is 21.6 Å². The molecule has 16 heavy (non-hydrogen) atoms. The molecule has 82 valence electrons. The number of anilines is 3. The molecule has 1 aromatic heterocycles. The summed E-state index contributed by atoms with van der Waals surface area (Å²) in [5.74, 6) is 0.718. The maximum absolute atomic E-state index is 11.2. The van der Waals surface area contributed by atoms with Gasteiger partial charge in [-0.1, -0.05) is 4.98 Å². The maximum Gasteiger partial charge on any atom is 1.00 e. The standard InChI is InChI=1S/C9H15N5O.K/c10-7-6-8(12-9(11)14(7)15)13-4-2-1-3-5-13;/h6H,1-5,10H2,(H2,11,12);/q;+1. The van der Waals surface area contributed by atoms with E-state index in [4.69, 9.17) is 11.5 Å². The first-order valence-electron chi connectivity index (χ1n) is 5.09. The second kappa shape index (κ2) is 6.01. The molecule has 0 atom stereocenters. The molecule has 1 fully saturated rings. The fraction of sp³-hybridized carbons (Fsp3) is 0.556. The first-order valence-corrected chi connectivity index (χ1v) is 5.09. The summed E-state index contributed by atoms with van der Waals surface area (Å²) in [5.41, 5.74) is 11.0. The number of hydrogen-bond acceptors (Lipinski definition) is 5. The van der Waals surface area contributed by atoms with Crippen molar-refractivity contribution in [2.75, 3.05) is 29.5 Å². The summed E-state index contributed by atoms with van der Waals surface area (Å²) in [6.45, 7) is 1.91. The van der Waals surface area contributed by atoms with Crippen LogP contribution in [0.5, 0.6) is 0 Å². The van der Waals surface area contributed by atoms with Gasteiger partial charge in [0.2, 0.25) is 0 Å². The van der Waals surface area contributed by atoms with Gasteiger partial charge in [0, 0.05) is 13.1 Å². The van der Waals surface area contributed by atoms with Crippen LogP contribution >= 0.6 is 0 Å². The Morgan fingerprint density at radius 2 is 1.88 bits per heavy atom. The van der Waals surface area contributed by atoms with Gasteiger partial charge in [0.1, 0.15) is 0 Å². The number of aromatic nitrogens is 2. The van der Waals surface area contributed by atoms with Crippen LogP contribution in [0.25, 0.3) is 0 Å². The van der Waals surface area contributed by atoms with E-state index in [0.29, 0.717) is 10.5 Å². The van der Waals surface area contributed by atoms with Crippen LogP contribution in [-0.4, -0.2) is 18.1 Å². The molecule has 0 bridgehead atoms. The van der Waals surface area contributed by atoms with Gasteiger partial charge in [-0.3, -0.25) is 0 Å². The molecule has 1 aliphatic heterocycles. The average molecular weight is 248 g/mol.